The largest absolute Gasteiger partial charge is 0.497 e. The van der Waals surface area contributed by atoms with Gasteiger partial charge in [-0.05, 0) is 41.8 Å². The predicted molar refractivity (Wildman–Crippen MR) is 102 cm³/mol. The number of ether oxygens (including phenoxy) is 1. The van der Waals surface area contributed by atoms with Crippen molar-refractivity contribution in [3.8, 4) is 5.75 Å². The van der Waals surface area contributed by atoms with Gasteiger partial charge in [0.1, 0.15) is 11.8 Å². The van der Waals surface area contributed by atoms with E-state index in [1.165, 1.54) is 36.9 Å². The maximum absolute atomic E-state index is 14.0. The number of benzene rings is 2. The monoisotopic (exact) mass is 444 g/mol. The quantitative estimate of drug-likeness (QED) is 0.405. The van der Waals surface area contributed by atoms with Gasteiger partial charge in [-0.25, -0.2) is 10.2 Å². The van der Waals surface area contributed by atoms with E-state index < -0.39 is 32.3 Å². The SMILES string of the molecule is COc1ccc([P@@](=O)(OCC(F)(F)F)N2Cc3ccccc3C[C@@H]2C(=O)NO)cc1. The van der Waals surface area contributed by atoms with E-state index >= 15 is 0 Å². The number of carbonyl (C=O) groups is 1. The number of nitrogens with zero attached hydrogens (tertiary/aromatic N) is 1. The molecule has 0 saturated heterocycles. The Bertz CT molecular complexity index is 952. The van der Waals surface area contributed by atoms with Crippen LogP contribution in [0.15, 0.2) is 48.5 Å². The van der Waals surface area contributed by atoms with Crippen LogP contribution in [0.2, 0.25) is 0 Å². The van der Waals surface area contributed by atoms with Crippen LogP contribution in [0, 0.1) is 0 Å². The van der Waals surface area contributed by atoms with E-state index in [9.17, 15) is 22.5 Å². The summed E-state index contributed by atoms with van der Waals surface area (Å²) in [4.78, 5) is 12.3. The lowest BCUT2D eigenvalue weighted by molar-refractivity contribution is -0.154. The Hall–Kier alpha value is -2.39. The van der Waals surface area contributed by atoms with Crippen LogP contribution in [-0.2, 0) is 26.8 Å². The number of hydrogen-bond donors (Lipinski definition) is 2. The molecule has 7 nitrogen and oxygen atoms in total. The van der Waals surface area contributed by atoms with Crippen molar-refractivity contribution in [2.24, 2.45) is 0 Å². The number of fused-ring (bicyclic) bond motifs is 1. The van der Waals surface area contributed by atoms with Gasteiger partial charge in [-0.1, -0.05) is 24.3 Å². The highest BCUT2D eigenvalue weighted by Crippen LogP contribution is 2.54. The molecule has 11 heteroatoms. The standard InChI is InChI=1S/C19H20F3N2O5P/c1-28-15-6-8-16(9-7-15)30(27,29-12-19(20,21)22)24-11-14-5-3-2-4-13(14)10-17(24)18(25)23-26/h2-9,17,26H,10-12H2,1H3,(H,23,25)/t17-,30-/m1/s1. The molecular formula is C19H20F3N2O5P. The summed E-state index contributed by atoms with van der Waals surface area (Å²) >= 11 is 0. The van der Waals surface area contributed by atoms with Gasteiger partial charge < -0.3 is 9.26 Å². The summed E-state index contributed by atoms with van der Waals surface area (Å²) in [5.41, 5.74) is 2.97. The number of hydroxylamine groups is 1. The minimum Gasteiger partial charge on any atom is -0.497 e. The molecule has 0 bridgehead atoms. The predicted octanol–water partition coefficient (Wildman–Crippen LogP) is 3.02. The number of halogens is 3. The van der Waals surface area contributed by atoms with E-state index in [-0.39, 0.29) is 18.3 Å². The van der Waals surface area contributed by atoms with Crippen LogP contribution in [0.5, 0.6) is 5.75 Å². The average molecular weight is 444 g/mol. The Morgan fingerprint density at radius 3 is 2.40 bits per heavy atom. The highest BCUT2D eigenvalue weighted by atomic mass is 31.2. The van der Waals surface area contributed by atoms with E-state index in [0.717, 1.165) is 10.2 Å². The van der Waals surface area contributed by atoms with Crippen molar-refractivity contribution in [3.05, 3.63) is 59.7 Å². The zero-order valence-corrected chi connectivity index (χ0v) is 16.8. The molecule has 0 radical (unpaired) electrons. The van der Waals surface area contributed by atoms with Gasteiger partial charge in [0.25, 0.3) is 5.91 Å². The average Bonchev–Trinajstić information content (AvgIpc) is 2.75. The summed E-state index contributed by atoms with van der Waals surface area (Å²) in [5, 5.41) is 9.14. The van der Waals surface area contributed by atoms with Crippen molar-refractivity contribution < 1.29 is 37.0 Å². The van der Waals surface area contributed by atoms with Gasteiger partial charge in [0.2, 0.25) is 0 Å². The molecule has 1 aliphatic rings. The normalized spacial score (nSPS) is 18.9. The fraction of sp³-hybridized carbons (Fsp3) is 0.316. The molecule has 2 aromatic rings. The first kappa shape index (κ1) is 22.3. The van der Waals surface area contributed by atoms with Crippen LogP contribution in [0.1, 0.15) is 11.1 Å². The summed E-state index contributed by atoms with van der Waals surface area (Å²) in [7, 11) is -2.95. The van der Waals surface area contributed by atoms with Crippen LogP contribution in [0.25, 0.3) is 0 Å². The third-order valence-electron chi connectivity index (χ3n) is 4.78. The molecule has 30 heavy (non-hydrogen) atoms. The molecule has 0 saturated carbocycles. The van der Waals surface area contributed by atoms with Crippen molar-refractivity contribution in [1.29, 1.82) is 0 Å². The second-order valence-electron chi connectivity index (χ2n) is 6.67. The van der Waals surface area contributed by atoms with Crippen molar-refractivity contribution in [1.82, 2.24) is 10.2 Å². The third kappa shape index (κ3) is 4.67. The molecule has 0 spiro atoms. The first-order chi connectivity index (χ1) is 14.2. The van der Waals surface area contributed by atoms with Crippen LogP contribution in [0.4, 0.5) is 13.2 Å². The Kier molecular flexibility index (Phi) is 6.52. The molecule has 1 heterocycles. The third-order valence-corrected chi connectivity index (χ3v) is 7.30. The minimum atomic E-state index is -4.73. The Labute approximate surface area is 170 Å². The summed E-state index contributed by atoms with van der Waals surface area (Å²) < 4.78 is 63.9. The van der Waals surface area contributed by atoms with Gasteiger partial charge >= 0.3 is 13.7 Å². The van der Waals surface area contributed by atoms with Gasteiger partial charge in [-0.2, -0.15) is 13.2 Å². The van der Waals surface area contributed by atoms with Crippen molar-refractivity contribution in [2.45, 2.75) is 25.2 Å². The van der Waals surface area contributed by atoms with Crippen molar-refractivity contribution in [2.75, 3.05) is 13.7 Å². The van der Waals surface area contributed by atoms with Gasteiger partial charge in [0, 0.05) is 6.54 Å². The molecule has 0 fully saturated rings. The zero-order chi connectivity index (χ0) is 21.9. The highest BCUT2D eigenvalue weighted by molar-refractivity contribution is 7.64. The molecule has 2 aromatic carbocycles. The van der Waals surface area contributed by atoms with E-state index in [1.54, 1.807) is 24.3 Å². The molecule has 1 amide bonds. The van der Waals surface area contributed by atoms with E-state index in [2.05, 4.69) is 0 Å². The number of alkyl halides is 3. The first-order valence-corrected chi connectivity index (χ1v) is 10.5. The number of rotatable bonds is 6. The molecule has 2 atom stereocenters. The number of nitrogens with one attached hydrogen (secondary N) is 1. The minimum absolute atomic E-state index is 0.0253. The summed E-state index contributed by atoms with van der Waals surface area (Å²) in [6.45, 7) is -1.86. The number of hydrogen-bond acceptors (Lipinski definition) is 5. The van der Waals surface area contributed by atoms with Gasteiger partial charge in [0.15, 0.2) is 6.61 Å². The molecule has 1 aliphatic heterocycles. The maximum atomic E-state index is 14.0. The smallest absolute Gasteiger partial charge is 0.412 e. The van der Waals surface area contributed by atoms with Crippen LogP contribution >= 0.6 is 7.52 Å². The fourth-order valence-electron chi connectivity index (χ4n) is 3.32. The highest BCUT2D eigenvalue weighted by Gasteiger charge is 2.46. The number of methoxy groups -OCH3 is 1. The lowest BCUT2D eigenvalue weighted by Crippen LogP contribution is -2.49. The maximum Gasteiger partial charge on any atom is 0.412 e. The van der Waals surface area contributed by atoms with Crippen molar-refractivity contribution >= 4 is 18.7 Å². The summed E-state index contributed by atoms with van der Waals surface area (Å²) in [5.74, 6) is -0.483. The van der Waals surface area contributed by atoms with Crippen LogP contribution in [0.3, 0.4) is 0 Å². The lowest BCUT2D eigenvalue weighted by atomic mass is 9.95. The Balaban J connectivity index is 2.09. The van der Waals surface area contributed by atoms with E-state index in [1.807, 2.05) is 0 Å². The molecular weight excluding hydrogens is 424 g/mol. The van der Waals surface area contributed by atoms with Crippen LogP contribution in [-0.4, -0.2) is 41.7 Å². The second kappa shape index (κ2) is 8.77. The van der Waals surface area contributed by atoms with Crippen LogP contribution < -0.4 is 15.5 Å². The second-order valence-corrected chi connectivity index (χ2v) is 9.00. The van der Waals surface area contributed by atoms with Crippen molar-refractivity contribution in [3.63, 3.8) is 0 Å². The lowest BCUT2D eigenvalue weighted by Gasteiger charge is -2.39. The topological polar surface area (TPSA) is 88.1 Å². The first-order valence-electron chi connectivity index (χ1n) is 8.92. The Morgan fingerprint density at radius 2 is 1.83 bits per heavy atom. The Morgan fingerprint density at radius 1 is 1.20 bits per heavy atom. The fourth-order valence-corrected chi connectivity index (χ4v) is 5.65. The molecule has 0 aromatic heterocycles. The number of amides is 1. The van der Waals surface area contributed by atoms with Gasteiger partial charge in [0.05, 0.1) is 12.4 Å². The van der Waals surface area contributed by atoms with Gasteiger partial charge in [-0.15, -0.1) is 0 Å². The summed E-state index contributed by atoms with van der Waals surface area (Å²) in [6.07, 6.45) is -4.69. The van der Waals surface area contributed by atoms with E-state index in [4.69, 9.17) is 14.5 Å². The molecule has 0 aliphatic carbocycles. The molecule has 162 valence electrons. The molecule has 0 unspecified atom stereocenters. The molecule has 3 rings (SSSR count). The number of carbonyl (C=O) groups excluding carboxylic acids is 1. The summed E-state index contributed by atoms with van der Waals surface area (Å²) in [6, 6.07) is 11.3. The zero-order valence-electron chi connectivity index (χ0n) is 15.9. The van der Waals surface area contributed by atoms with Gasteiger partial charge in [-0.3, -0.25) is 14.6 Å². The molecule has 2 N–H and O–H groups in total. The van der Waals surface area contributed by atoms with E-state index in [0.29, 0.717) is 11.3 Å².